The molecular weight excluding hydrogens is 392 g/mol. The van der Waals surface area contributed by atoms with Crippen molar-refractivity contribution in [3.8, 4) is 0 Å². The van der Waals surface area contributed by atoms with E-state index in [4.69, 9.17) is 14.6 Å². The molecule has 0 saturated heterocycles. The van der Waals surface area contributed by atoms with Crippen LogP contribution < -0.4 is 0 Å². The third kappa shape index (κ3) is 23.8. The SMILES string of the molecule is CC(C)CCCCCCCC(O)COC(CCCCCCCC(C)C)COCC(=O)O. The summed E-state index contributed by atoms with van der Waals surface area (Å²) in [6.07, 6.45) is 15.7. The standard InChI is InChI=1S/C26H52O5/c1-22(2)15-11-7-5-9-13-17-24(27)19-31-25(20-30-21-26(28)29)18-14-10-6-8-12-16-23(3)4/h22-25,27H,5-21H2,1-4H3,(H,28,29). The third-order valence-corrected chi connectivity index (χ3v) is 5.68. The zero-order valence-corrected chi connectivity index (χ0v) is 20.9. The van der Waals surface area contributed by atoms with Gasteiger partial charge in [0.2, 0.25) is 0 Å². The van der Waals surface area contributed by atoms with E-state index in [2.05, 4.69) is 27.7 Å². The number of unbranched alkanes of at least 4 members (excludes halogenated alkanes) is 8. The molecule has 0 spiro atoms. The first-order valence-corrected chi connectivity index (χ1v) is 12.9. The summed E-state index contributed by atoms with van der Waals surface area (Å²) in [7, 11) is 0. The molecular formula is C26H52O5. The number of aliphatic hydroxyl groups excluding tert-OH is 1. The topological polar surface area (TPSA) is 76.0 Å². The van der Waals surface area contributed by atoms with E-state index in [1.807, 2.05) is 0 Å². The van der Waals surface area contributed by atoms with Crippen LogP contribution in [0.5, 0.6) is 0 Å². The third-order valence-electron chi connectivity index (χ3n) is 5.68. The number of rotatable bonds is 23. The Balaban J connectivity index is 3.94. The highest BCUT2D eigenvalue weighted by atomic mass is 16.5. The fourth-order valence-corrected chi connectivity index (χ4v) is 3.74. The van der Waals surface area contributed by atoms with Gasteiger partial charge in [0.05, 0.1) is 25.4 Å². The molecule has 5 nitrogen and oxygen atoms in total. The van der Waals surface area contributed by atoms with E-state index in [1.165, 1.54) is 51.4 Å². The molecule has 0 aromatic carbocycles. The highest BCUT2D eigenvalue weighted by Crippen LogP contribution is 2.15. The molecule has 5 heteroatoms. The van der Waals surface area contributed by atoms with Crippen LogP contribution in [0.3, 0.4) is 0 Å². The lowest BCUT2D eigenvalue weighted by Crippen LogP contribution is -2.26. The van der Waals surface area contributed by atoms with Crippen LogP contribution in [0.15, 0.2) is 0 Å². The van der Waals surface area contributed by atoms with Crippen LogP contribution in [-0.2, 0) is 14.3 Å². The van der Waals surface area contributed by atoms with Gasteiger partial charge in [-0.1, -0.05) is 105 Å². The summed E-state index contributed by atoms with van der Waals surface area (Å²) in [6, 6.07) is 0. The lowest BCUT2D eigenvalue weighted by atomic mass is 10.0. The van der Waals surface area contributed by atoms with Gasteiger partial charge in [0.15, 0.2) is 0 Å². The van der Waals surface area contributed by atoms with Crippen molar-refractivity contribution in [2.45, 2.75) is 130 Å². The summed E-state index contributed by atoms with van der Waals surface area (Å²) >= 11 is 0. The quantitative estimate of drug-likeness (QED) is 0.173. The van der Waals surface area contributed by atoms with Gasteiger partial charge in [0.1, 0.15) is 6.61 Å². The minimum Gasteiger partial charge on any atom is -0.480 e. The molecule has 31 heavy (non-hydrogen) atoms. The molecule has 2 unspecified atom stereocenters. The summed E-state index contributed by atoms with van der Waals surface area (Å²) in [4.78, 5) is 10.7. The summed E-state index contributed by atoms with van der Waals surface area (Å²) in [5.74, 6) is 0.606. The van der Waals surface area contributed by atoms with E-state index in [0.29, 0.717) is 6.61 Å². The summed E-state index contributed by atoms with van der Waals surface area (Å²) in [5.41, 5.74) is 0. The van der Waals surface area contributed by atoms with Gasteiger partial charge in [0.25, 0.3) is 0 Å². The Morgan fingerprint density at radius 3 is 1.61 bits per heavy atom. The van der Waals surface area contributed by atoms with Crippen molar-refractivity contribution in [2.75, 3.05) is 19.8 Å². The first kappa shape index (κ1) is 30.4. The molecule has 0 aromatic heterocycles. The van der Waals surface area contributed by atoms with Gasteiger partial charge in [-0.25, -0.2) is 4.79 Å². The zero-order valence-electron chi connectivity index (χ0n) is 20.9. The lowest BCUT2D eigenvalue weighted by Gasteiger charge is -2.20. The number of carbonyl (C=O) groups is 1. The average Bonchev–Trinajstić information content (AvgIpc) is 2.69. The Labute approximate surface area is 192 Å². The summed E-state index contributed by atoms with van der Waals surface area (Å²) in [6.45, 7) is 9.36. The van der Waals surface area contributed by atoms with E-state index in [0.717, 1.165) is 50.4 Å². The van der Waals surface area contributed by atoms with Gasteiger partial charge >= 0.3 is 5.97 Å². The van der Waals surface area contributed by atoms with E-state index in [1.54, 1.807) is 0 Å². The number of aliphatic hydroxyl groups is 1. The van der Waals surface area contributed by atoms with Crippen LogP contribution in [0.25, 0.3) is 0 Å². The smallest absolute Gasteiger partial charge is 0.329 e. The van der Waals surface area contributed by atoms with Crippen molar-refractivity contribution in [2.24, 2.45) is 11.8 Å². The molecule has 0 aliphatic carbocycles. The van der Waals surface area contributed by atoms with Gasteiger partial charge in [-0.15, -0.1) is 0 Å². The van der Waals surface area contributed by atoms with Crippen molar-refractivity contribution in [1.82, 2.24) is 0 Å². The molecule has 0 heterocycles. The predicted octanol–water partition coefficient (Wildman–Crippen LogP) is 6.61. The second-order valence-electron chi connectivity index (χ2n) is 10.00. The molecule has 2 atom stereocenters. The number of carboxylic acid groups (broad SMARTS) is 1. The molecule has 186 valence electrons. The average molecular weight is 445 g/mol. The van der Waals surface area contributed by atoms with Crippen molar-refractivity contribution in [1.29, 1.82) is 0 Å². The molecule has 0 aliphatic heterocycles. The highest BCUT2D eigenvalue weighted by molar-refractivity contribution is 5.67. The first-order chi connectivity index (χ1) is 14.8. The summed E-state index contributed by atoms with van der Waals surface area (Å²) in [5, 5.41) is 19.0. The van der Waals surface area contributed by atoms with E-state index in [-0.39, 0.29) is 19.3 Å². The molecule has 2 N–H and O–H groups in total. The Bertz CT molecular complexity index is 397. The number of hydrogen-bond donors (Lipinski definition) is 2. The monoisotopic (exact) mass is 444 g/mol. The highest BCUT2D eigenvalue weighted by Gasteiger charge is 2.13. The predicted molar refractivity (Wildman–Crippen MR) is 129 cm³/mol. The maximum Gasteiger partial charge on any atom is 0.329 e. The number of carboxylic acids is 1. The number of hydrogen-bond acceptors (Lipinski definition) is 4. The second kappa shape index (κ2) is 21.2. The minimum atomic E-state index is -0.961. The van der Waals surface area contributed by atoms with E-state index >= 15 is 0 Å². The lowest BCUT2D eigenvalue weighted by molar-refractivity contribution is -0.144. The van der Waals surface area contributed by atoms with Crippen LogP contribution in [-0.4, -0.2) is 48.2 Å². The Hall–Kier alpha value is -0.650. The van der Waals surface area contributed by atoms with E-state index < -0.39 is 12.1 Å². The van der Waals surface area contributed by atoms with Gasteiger partial charge in [-0.05, 0) is 24.7 Å². The van der Waals surface area contributed by atoms with Gasteiger partial charge in [0, 0.05) is 0 Å². The van der Waals surface area contributed by atoms with Crippen LogP contribution in [0.4, 0.5) is 0 Å². The molecule has 0 rings (SSSR count). The second-order valence-corrected chi connectivity index (χ2v) is 10.00. The number of aliphatic carboxylic acids is 1. The van der Waals surface area contributed by atoms with Crippen LogP contribution in [0.2, 0.25) is 0 Å². The molecule has 0 aliphatic rings. The van der Waals surface area contributed by atoms with Gasteiger partial charge in [-0.2, -0.15) is 0 Å². The minimum absolute atomic E-state index is 0.138. The first-order valence-electron chi connectivity index (χ1n) is 12.9. The van der Waals surface area contributed by atoms with Gasteiger partial charge < -0.3 is 19.7 Å². The molecule has 0 aromatic rings. The Morgan fingerprint density at radius 1 is 0.677 bits per heavy atom. The van der Waals surface area contributed by atoms with Gasteiger partial charge in [-0.3, -0.25) is 0 Å². The molecule has 0 radical (unpaired) electrons. The molecule has 0 saturated carbocycles. The zero-order chi connectivity index (χ0) is 23.3. The van der Waals surface area contributed by atoms with Crippen molar-refractivity contribution < 1.29 is 24.5 Å². The maximum absolute atomic E-state index is 10.7. The Morgan fingerprint density at radius 2 is 1.13 bits per heavy atom. The fourth-order valence-electron chi connectivity index (χ4n) is 3.74. The molecule has 0 fully saturated rings. The van der Waals surface area contributed by atoms with Crippen molar-refractivity contribution in [3.05, 3.63) is 0 Å². The summed E-state index contributed by atoms with van der Waals surface area (Å²) < 4.78 is 11.2. The molecule has 0 amide bonds. The number of ether oxygens (including phenoxy) is 2. The van der Waals surface area contributed by atoms with Crippen LogP contribution >= 0.6 is 0 Å². The van der Waals surface area contributed by atoms with Crippen molar-refractivity contribution in [3.63, 3.8) is 0 Å². The normalized spacial score (nSPS) is 13.8. The van der Waals surface area contributed by atoms with Crippen molar-refractivity contribution >= 4 is 5.97 Å². The largest absolute Gasteiger partial charge is 0.480 e. The fraction of sp³-hybridized carbons (Fsp3) is 0.962. The maximum atomic E-state index is 10.7. The van der Waals surface area contributed by atoms with Crippen LogP contribution in [0, 0.1) is 11.8 Å². The Kier molecular flexibility index (Phi) is 20.8. The molecule has 0 bridgehead atoms. The van der Waals surface area contributed by atoms with E-state index in [9.17, 15) is 9.90 Å². The van der Waals surface area contributed by atoms with Crippen LogP contribution in [0.1, 0.15) is 118 Å².